The van der Waals surface area contributed by atoms with Crippen LogP contribution in [0.3, 0.4) is 0 Å². The number of hydrogen-bond donors (Lipinski definition) is 1. The number of anilines is 1. The van der Waals surface area contributed by atoms with Crippen molar-refractivity contribution in [1.29, 1.82) is 5.26 Å². The summed E-state index contributed by atoms with van der Waals surface area (Å²) in [5.74, 6) is 1.75. The number of ether oxygens (including phenoxy) is 2. The van der Waals surface area contributed by atoms with Crippen molar-refractivity contribution in [2.75, 3.05) is 19.0 Å². The second kappa shape index (κ2) is 8.32. The van der Waals surface area contributed by atoms with Crippen LogP contribution in [0.4, 0.5) is 5.88 Å². The van der Waals surface area contributed by atoms with E-state index in [1.165, 1.54) is 12.5 Å². The van der Waals surface area contributed by atoms with Crippen LogP contribution in [0.5, 0.6) is 11.5 Å². The van der Waals surface area contributed by atoms with Crippen LogP contribution in [0.2, 0.25) is 0 Å². The van der Waals surface area contributed by atoms with Gasteiger partial charge in [0.25, 0.3) is 5.91 Å². The summed E-state index contributed by atoms with van der Waals surface area (Å²) in [5.41, 5.74) is 0.512. The molecule has 1 aromatic carbocycles. The van der Waals surface area contributed by atoms with Crippen molar-refractivity contribution in [3.8, 4) is 40.4 Å². The van der Waals surface area contributed by atoms with Crippen LogP contribution in [0.15, 0.2) is 74.3 Å². The van der Waals surface area contributed by atoms with Gasteiger partial charge in [-0.15, -0.1) is 0 Å². The summed E-state index contributed by atoms with van der Waals surface area (Å²) in [4.78, 5) is 12.4. The lowest BCUT2D eigenvalue weighted by Gasteiger charge is -2.07. The van der Waals surface area contributed by atoms with Crippen molar-refractivity contribution < 1.29 is 27.5 Å². The maximum Gasteiger partial charge on any atom is 0.264 e. The average Bonchev–Trinajstić information content (AvgIpc) is 3.52. The molecule has 3 heterocycles. The fourth-order valence-corrected chi connectivity index (χ4v) is 2.85. The Bertz CT molecular complexity index is 1170. The number of nitrogens with zero attached hydrogens (tertiary/aromatic N) is 1. The minimum atomic E-state index is -0.493. The second-order valence-corrected chi connectivity index (χ2v) is 6.09. The van der Waals surface area contributed by atoms with Gasteiger partial charge in [-0.2, -0.15) is 5.26 Å². The SMILES string of the molecule is COc1ccc(OCC(=O)Nc2oc(-c3ccco3)c(-c3ccco3)c2C#N)cc1. The molecule has 150 valence electrons. The van der Waals surface area contributed by atoms with Crippen LogP contribution in [0.1, 0.15) is 5.56 Å². The molecular weight excluding hydrogens is 388 g/mol. The predicted molar refractivity (Wildman–Crippen MR) is 106 cm³/mol. The highest BCUT2D eigenvalue weighted by molar-refractivity contribution is 5.95. The van der Waals surface area contributed by atoms with Gasteiger partial charge in [0, 0.05) is 0 Å². The Morgan fingerprint density at radius 2 is 1.70 bits per heavy atom. The van der Waals surface area contributed by atoms with E-state index in [0.717, 1.165) is 0 Å². The minimum absolute atomic E-state index is 0.0152. The van der Waals surface area contributed by atoms with Crippen LogP contribution in [-0.4, -0.2) is 19.6 Å². The van der Waals surface area contributed by atoms with E-state index in [4.69, 9.17) is 22.7 Å². The maximum atomic E-state index is 12.4. The van der Waals surface area contributed by atoms with E-state index in [1.807, 2.05) is 0 Å². The fourth-order valence-electron chi connectivity index (χ4n) is 2.85. The first kappa shape index (κ1) is 19.0. The van der Waals surface area contributed by atoms with E-state index in [9.17, 15) is 10.1 Å². The molecular formula is C22H16N2O6. The summed E-state index contributed by atoms with van der Waals surface area (Å²) >= 11 is 0. The summed E-state index contributed by atoms with van der Waals surface area (Å²) in [6, 6.07) is 15.6. The van der Waals surface area contributed by atoms with Crippen molar-refractivity contribution in [3.05, 3.63) is 66.6 Å². The molecule has 3 aromatic heterocycles. The first-order chi connectivity index (χ1) is 14.7. The van der Waals surface area contributed by atoms with Crippen molar-refractivity contribution in [3.63, 3.8) is 0 Å². The van der Waals surface area contributed by atoms with E-state index >= 15 is 0 Å². The van der Waals surface area contributed by atoms with Gasteiger partial charge in [0.1, 0.15) is 28.9 Å². The Morgan fingerprint density at radius 1 is 1.03 bits per heavy atom. The molecule has 0 aliphatic rings. The number of furan rings is 3. The largest absolute Gasteiger partial charge is 0.497 e. The third-order valence-electron chi connectivity index (χ3n) is 4.21. The van der Waals surface area contributed by atoms with Crippen molar-refractivity contribution in [2.45, 2.75) is 0 Å². The van der Waals surface area contributed by atoms with Gasteiger partial charge >= 0.3 is 0 Å². The smallest absolute Gasteiger partial charge is 0.264 e. The molecule has 4 aromatic rings. The highest BCUT2D eigenvalue weighted by Crippen LogP contribution is 2.41. The van der Waals surface area contributed by atoms with Gasteiger partial charge in [0.15, 0.2) is 18.1 Å². The van der Waals surface area contributed by atoms with Crippen molar-refractivity contribution in [2.24, 2.45) is 0 Å². The molecule has 0 radical (unpaired) electrons. The average molecular weight is 404 g/mol. The first-order valence-corrected chi connectivity index (χ1v) is 8.91. The van der Waals surface area contributed by atoms with Crippen molar-refractivity contribution in [1.82, 2.24) is 0 Å². The third-order valence-corrected chi connectivity index (χ3v) is 4.21. The van der Waals surface area contributed by atoms with Gasteiger partial charge in [-0.1, -0.05) is 0 Å². The molecule has 1 N–H and O–H groups in total. The van der Waals surface area contributed by atoms with E-state index in [2.05, 4.69) is 11.4 Å². The number of amides is 1. The Hall–Kier alpha value is -4.38. The fraction of sp³-hybridized carbons (Fsp3) is 0.0909. The van der Waals surface area contributed by atoms with E-state index < -0.39 is 5.91 Å². The molecule has 30 heavy (non-hydrogen) atoms. The number of hydrogen-bond acceptors (Lipinski definition) is 7. The van der Waals surface area contributed by atoms with Gasteiger partial charge < -0.3 is 22.7 Å². The van der Waals surface area contributed by atoms with Gasteiger partial charge in [0.2, 0.25) is 5.88 Å². The molecule has 0 bridgehead atoms. The number of rotatable bonds is 7. The zero-order valence-electron chi connectivity index (χ0n) is 15.9. The van der Waals surface area contributed by atoms with Crippen LogP contribution in [0.25, 0.3) is 22.8 Å². The zero-order valence-corrected chi connectivity index (χ0v) is 15.9. The Morgan fingerprint density at radius 3 is 2.30 bits per heavy atom. The summed E-state index contributed by atoms with van der Waals surface area (Å²) in [7, 11) is 1.56. The zero-order chi connectivity index (χ0) is 20.9. The lowest BCUT2D eigenvalue weighted by atomic mass is 10.1. The molecule has 0 saturated heterocycles. The molecule has 0 aliphatic carbocycles. The number of nitriles is 1. The number of carbonyl (C=O) groups excluding carboxylic acids is 1. The van der Waals surface area contributed by atoms with E-state index in [-0.39, 0.29) is 23.8 Å². The monoisotopic (exact) mass is 404 g/mol. The molecule has 0 atom stereocenters. The Balaban J connectivity index is 1.57. The maximum absolute atomic E-state index is 12.4. The Kier molecular flexibility index (Phi) is 5.26. The van der Waals surface area contributed by atoms with Crippen LogP contribution in [-0.2, 0) is 4.79 Å². The summed E-state index contributed by atoms with van der Waals surface area (Å²) in [5, 5.41) is 12.3. The highest BCUT2D eigenvalue weighted by atomic mass is 16.5. The van der Waals surface area contributed by atoms with Gasteiger partial charge in [-0.25, -0.2) is 0 Å². The molecule has 8 heteroatoms. The van der Waals surface area contributed by atoms with Gasteiger partial charge in [-0.05, 0) is 48.5 Å². The third kappa shape index (κ3) is 3.77. The molecule has 0 fully saturated rings. The summed E-state index contributed by atoms with van der Waals surface area (Å²) in [6.07, 6.45) is 2.97. The first-order valence-electron chi connectivity index (χ1n) is 8.91. The highest BCUT2D eigenvalue weighted by Gasteiger charge is 2.27. The van der Waals surface area contributed by atoms with Crippen LogP contribution in [0, 0.1) is 11.3 Å². The number of nitrogens with one attached hydrogen (secondary N) is 1. The summed E-state index contributed by atoms with van der Waals surface area (Å²) < 4.78 is 27.2. The number of benzene rings is 1. The lowest BCUT2D eigenvalue weighted by molar-refractivity contribution is -0.118. The molecule has 0 saturated carbocycles. The van der Waals surface area contributed by atoms with Crippen LogP contribution >= 0.6 is 0 Å². The topological polar surface area (TPSA) is 111 Å². The predicted octanol–water partition coefficient (Wildman–Crippen LogP) is 4.70. The van der Waals surface area contributed by atoms with Crippen molar-refractivity contribution >= 4 is 11.8 Å². The number of carbonyl (C=O) groups is 1. The molecule has 1 amide bonds. The van der Waals surface area contributed by atoms with Gasteiger partial charge in [-0.3, -0.25) is 10.1 Å². The second-order valence-electron chi connectivity index (χ2n) is 6.09. The van der Waals surface area contributed by atoms with E-state index in [1.54, 1.807) is 55.6 Å². The molecule has 0 unspecified atom stereocenters. The molecule has 0 spiro atoms. The standard InChI is InChI=1S/C22H16N2O6/c1-26-14-6-8-15(9-7-14)29-13-19(25)24-22-16(12-23)20(17-4-2-10-27-17)21(30-22)18-5-3-11-28-18/h2-11H,13H2,1H3,(H,24,25). The summed E-state index contributed by atoms with van der Waals surface area (Å²) in [6.45, 7) is -0.274. The lowest BCUT2D eigenvalue weighted by Crippen LogP contribution is -2.20. The Labute approximate surface area is 171 Å². The quantitative estimate of drug-likeness (QED) is 0.475. The van der Waals surface area contributed by atoms with Gasteiger partial charge in [0.05, 0.1) is 25.2 Å². The minimum Gasteiger partial charge on any atom is -0.497 e. The number of methoxy groups -OCH3 is 1. The van der Waals surface area contributed by atoms with Crippen LogP contribution < -0.4 is 14.8 Å². The molecule has 8 nitrogen and oxygen atoms in total. The van der Waals surface area contributed by atoms with E-state index in [0.29, 0.717) is 28.6 Å². The molecule has 0 aliphatic heterocycles. The normalized spacial score (nSPS) is 10.4. The molecule has 4 rings (SSSR count).